The lowest BCUT2D eigenvalue weighted by Crippen LogP contribution is -2.31. The van der Waals surface area contributed by atoms with Crippen molar-refractivity contribution in [1.29, 1.82) is 0 Å². The van der Waals surface area contributed by atoms with Crippen LogP contribution in [-0.4, -0.2) is 36.3 Å². The lowest BCUT2D eigenvalue weighted by atomic mass is 10.2. The number of thiazole rings is 1. The van der Waals surface area contributed by atoms with Gasteiger partial charge in [-0.3, -0.25) is 4.79 Å². The van der Waals surface area contributed by atoms with E-state index in [0.29, 0.717) is 16.4 Å². The van der Waals surface area contributed by atoms with Gasteiger partial charge in [-0.1, -0.05) is 41.2 Å². The molecule has 3 aromatic rings. The second kappa shape index (κ2) is 10.2. The van der Waals surface area contributed by atoms with Crippen molar-refractivity contribution in [3.63, 3.8) is 0 Å². The van der Waals surface area contributed by atoms with Crippen molar-refractivity contribution in [3.05, 3.63) is 95.8 Å². The van der Waals surface area contributed by atoms with Crippen LogP contribution in [0.4, 0.5) is 0 Å². The van der Waals surface area contributed by atoms with Crippen LogP contribution < -0.4 is 4.80 Å². The van der Waals surface area contributed by atoms with Crippen LogP contribution in [-0.2, 0) is 16.6 Å². The van der Waals surface area contributed by atoms with Gasteiger partial charge in [-0.25, -0.2) is 8.42 Å². The van der Waals surface area contributed by atoms with Crippen molar-refractivity contribution >= 4 is 49.1 Å². The molecule has 0 aliphatic carbocycles. The lowest BCUT2D eigenvalue weighted by Gasteiger charge is -2.19. The first-order chi connectivity index (χ1) is 15.3. The van der Waals surface area contributed by atoms with Gasteiger partial charge in [0, 0.05) is 30.2 Å². The molecule has 0 radical (unpaired) electrons. The van der Waals surface area contributed by atoms with Gasteiger partial charge in [0.25, 0.3) is 5.91 Å². The normalized spacial score (nSPS) is 12.2. The molecule has 32 heavy (non-hydrogen) atoms. The van der Waals surface area contributed by atoms with Crippen LogP contribution >= 0.6 is 22.9 Å². The summed E-state index contributed by atoms with van der Waals surface area (Å²) in [5.74, 6) is -0.474. The van der Waals surface area contributed by atoms with Crippen LogP contribution in [0, 0.1) is 0 Å². The predicted molar refractivity (Wildman–Crippen MR) is 131 cm³/mol. The second-order valence-corrected chi connectivity index (χ2v) is 10.1. The zero-order valence-corrected chi connectivity index (χ0v) is 19.7. The van der Waals surface area contributed by atoms with Crippen LogP contribution in [0.3, 0.4) is 0 Å². The Bertz CT molecular complexity index is 1340. The Kier molecular flexibility index (Phi) is 7.63. The molecule has 1 amide bonds. The number of amides is 1. The Morgan fingerprint density at radius 3 is 2.31 bits per heavy atom. The number of rotatable bonds is 9. The molecule has 0 atom stereocenters. The number of nitrogens with zero attached hydrogens (tertiary/aromatic N) is 3. The molecule has 6 nitrogen and oxygen atoms in total. The summed E-state index contributed by atoms with van der Waals surface area (Å²) in [6.45, 7) is 11.8. The first-order valence-corrected chi connectivity index (χ1v) is 12.3. The van der Waals surface area contributed by atoms with Crippen LogP contribution in [0.25, 0.3) is 10.2 Å². The third-order valence-electron chi connectivity index (χ3n) is 4.56. The molecule has 3 rings (SSSR count). The van der Waals surface area contributed by atoms with Gasteiger partial charge in [0.2, 0.25) is 10.0 Å². The van der Waals surface area contributed by atoms with Gasteiger partial charge in [-0.05, 0) is 42.5 Å². The van der Waals surface area contributed by atoms with E-state index >= 15 is 0 Å². The fourth-order valence-corrected chi connectivity index (χ4v) is 5.76. The monoisotopic (exact) mass is 487 g/mol. The molecule has 0 aliphatic heterocycles. The van der Waals surface area contributed by atoms with Crippen molar-refractivity contribution in [3.8, 4) is 0 Å². The SMILES string of the molecule is C=CCN(CC=C)S(=O)(=O)c1ccc(C(=O)N=c2sc3cc(Cl)ccc3n2CC=C)cc1. The number of allylic oxidation sites excluding steroid dienone is 1. The molecule has 0 saturated carbocycles. The van der Waals surface area contributed by atoms with Gasteiger partial charge in [0.05, 0.1) is 15.1 Å². The summed E-state index contributed by atoms with van der Waals surface area (Å²) in [6.07, 6.45) is 4.74. The maximum Gasteiger partial charge on any atom is 0.279 e. The molecule has 0 spiro atoms. The fraction of sp³-hybridized carbons (Fsp3) is 0.130. The number of benzene rings is 2. The fourth-order valence-electron chi connectivity index (χ4n) is 3.07. The summed E-state index contributed by atoms with van der Waals surface area (Å²) < 4.78 is 29.7. The third kappa shape index (κ3) is 4.99. The van der Waals surface area contributed by atoms with Gasteiger partial charge >= 0.3 is 0 Å². The van der Waals surface area contributed by atoms with E-state index in [1.807, 2.05) is 16.7 Å². The number of carbonyl (C=O) groups is 1. The van der Waals surface area contributed by atoms with E-state index < -0.39 is 15.9 Å². The standard InChI is InChI=1S/C23H22ClN3O3S2/c1-4-13-26(14-5-2)32(29,30)19-10-7-17(8-11-19)22(28)25-23-27(15-6-3)20-12-9-18(24)16-21(20)31-23/h4-12,16H,1-3,13-15H2. The number of fused-ring (bicyclic) bond motifs is 1. The number of carbonyl (C=O) groups excluding carboxylic acids is 1. The maximum atomic E-state index is 12.8. The number of hydrogen-bond donors (Lipinski definition) is 0. The summed E-state index contributed by atoms with van der Waals surface area (Å²) in [5, 5.41) is 0.598. The molecule has 1 aromatic heterocycles. The number of hydrogen-bond acceptors (Lipinski definition) is 4. The molecule has 1 heterocycles. The van der Waals surface area contributed by atoms with E-state index in [0.717, 1.165) is 10.2 Å². The summed E-state index contributed by atoms with van der Waals surface area (Å²) in [5.41, 5.74) is 1.18. The minimum Gasteiger partial charge on any atom is -0.312 e. The summed E-state index contributed by atoms with van der Waals surface area (Å²) in [4.78, 5) is 17.7. The largest absolute Gasteiger partial charge is 0.312 e. The van der Waals surface area contributed by atoms with Crippen molar-refractivity contribution in [2.45, 2.75) is 11.4 Å². The Morgan fingerprint density at radius 1 is 1.06 bits per heavy atom. The van der Waals surface area contributed by atoms with Crippen LogP contribution in [0.2, 0.25) is 5.02 Å². The molecular weight excluding hydrogens is 466 g/mol. The van der Waals surface area contributed by atoms with E-state index in [2.05, 4.69) is 24.7 Å². The Hall–Kier alpha value is -2.78. The zero-order valence-electron chi connectivity index (χ0n) is 17.3. The average Bonchev–Trinajstić information content (AvgIpc) is 3.09. The Balaban J connectivity index is 1.97. The molecule has 0 unspecified atom stereocenters. The molecule has 0 aliphatic rings. The molecular formula is C23H22ClN3O3S2. The van der Waals surface area contributed by atoms with E-state index in [1.54, 1.807) is 12.1 Å². The highest BCUT2D eigenvalue weighted by molar-refractivity contribution is 7.89. The highest BCUT2D eigenvalue weighted by Gasteiger charge is 2.22. The zero-order chi connectivity index (χ0) is 23.3. The summed E-state index contributed by atoms with van der Waals surface area (Å²) in [7, 11) is -3.74. The number of halogens is 1. The molecule has 166 valence electrons. The Morgan fingerprint density at radius 2 is 1.72 bits per heavy atom. The molecule has 0 fully saturated rings. The molecule has 2 aromatic carbocycles. The first-order valence-electron chi connectivity index (χ1n) is 9.62. The van der Waals surface area contributed by atoms with Crippen molar-refractivity contribution in [2.24, 2.45) is 4.99 Å². The van der Waals surface area contributed by atoms with Gasteiger partial charge < -0.3 is 4.57 Å². The van der Waals surface area contributed by atoms with Crippen molar-refractivity contribution < 1.29 is 13.2 Å². The van der Waals surface area contributed by atoms with Gasteiger partial charge in [-0.15, -0.1) is 19.7 Å². The van der Waals surface area contributed by atoms with E-state index in [1.165, 1.54) is 52.1 Å². The van der Waals surface area contributed by atoms with Gasteiger partial charge in [0.15, 0.2) is 4.80 Å². The van der Waals surface area contributed by atoms with Gasteiger partial charge in [0.1, 0.15) is 0 Å². The Labute approximate surface area is 196 Å². The van der Waals surface area contributed by atoms with Crippen LogP contribution in [0.5, 0.6) is 0 Å². The quantitative estimate of drug-likeness (QED) is 0.412. The number of aromatic nitrogens is 1. The minimum absolute atomic E-state index is 0.0796. The number of sulfonamides is 1. The molecule has 0 saturated heterocycles. The van der Waals surface area contributed by atoms with Crippen LogP contribution in [0.15, 0.2) is 90.3 Å². The molecule has 0 N–H and O–H groups in total. The lowest BCUT2D eigenvalue weighted by molar-refractivity contribution is 0.0998. The van der Waals surface area contributed by atoms with Crippen LogP contribution in [0.1, 0.15) is 10.4 Å². The van der Waals surface area contributed by atoms with E-state index in [9.17, 15) is 13.2 Å². The smallest absolute Gasteiger partial charge is 0.279 e. The van der Waals surface area contributed by atoms with E-state index in [-0.39, 0.29) is 23.5 Å². The highest BCUT2D eigenvalue weighted by Crippen LogP contribution is 2.22. The van der Waals surface area contributed by atoms with E-state index in [4.69, 9.17) is 11.6 Å². The summed E-state index contributed by atoms with van der Waals surface area (Å²) in [6, 6.07) is 11.2. The predicted octanol–water partition coefficient (Wildman–Crippen LogP) is 4.65. The third-order valence-corrected chi connectivity index (χ3v) is 7.68. The maximum absolute atomic E-state index is 12.8. The average molecular weight is 488 g/mol. The first kappa shape index (κ1) is 23.9. The molecule has 9 heteroatoms. The summed E-state index contributed by atoms with van der Waals surface area (Å²) >= 11 is 7.43. The second-order valence-electron chi connectivity index (χ2n) is 6.74. The topological polar surface area (TPSA) is 71.7 Å². The van der Waals surface area contributed by atoms with Crippen molar-refractivity contribution in [2.75, 3.05) is 13.1 Å². The van der Waals surface area contributed by atoms with Crippen molar-refractivity contribution in [1.82, 2.24) is 8.87 Å². The van der Waals surface area contributed by atoms with Gasteiger partial charge in [-0.2, -0.15) is 9.30 Å². The highest BCUT2D eigenvalue weighted by atomic mass is 35.5. The minimum atomic E-state index is -3.74. The molecule has 0 bridgehead atoms.